The average Bonchev–Trinajstić information content (AvgIpc) is 3.03. The number of halogens is 2. The first-order valence-electron chi connectivity index (χ1n) is 5.32. The standard InChI is InChI=1S/C12H15BrFN/c1-15-12(8-2-3-8)7-9-6-10(13)4-5-11(9)14/h4-6,8,12,15H,2-3,7H2,1H3. The van der Waals surface area contributed by atoms with Crippen molar-refractivity contribution >= 4 is 15.9 Å². The summed E-state index contributed by atoms with van der Waals surface area (Å²) >= 11 is 3.37. The van der Waals surface area contributed by atoms with Gasteiger partial charge in [0, 0.05) is 10.5 Å². The lowest BCUT2D eigenvalue weighted by Gasteiger charge is -2.15. The van der Waals surface area contributed by atoms with Crippen molar-refractivity contribution in [2.45, 2.75) is 25.3 Å². The van der Waals surface area contributed by atoms with Crippen molar-refractivity contribution in [2.24, 2.45) is 5.92 Å². The Morgan fingerprint density at radius 3 is 2.87 bits per heavy atom. The Morgan fingerprint density at radius 1 is 1.53 bits per heavy atom. The molecule has 0 radical (unpaired) electrons. The molecule has 1 saturated carbocycles. The van der Waals surface area contributed by atoms with Gasteiger partial charge >= 0.3 is 0 Å². The number of hydrogen-bond donors (Lipinski definition) is 1. The Balaban J connectivity index is 2.11. The van der Waals surface area contributed by atoms with E-state index in [4.69, 9.17) is 0 Å². The first-order chi connectivity index (χ1) is 7.20. The van der Waals surface area contributed by atoms with E-state index in [0.717, 1.165) is 22.4 Å². The van der Waals surface area contributed by atoms with Gasteiger partial charge in [-0.25, -0.2) is 4.39 Å². The maximum atomic E-state index is 13.5. The van der Waals surface area contributed by atoms with E-state index in [9.17, 15) is 4.39 Å². The Hall–Kier alpha value is -0.410. The zero-order valence-electron chi connectivity index (χ0n) is 8.76. The van der Waals surface area contributed by atoms with E-state index >= 15 is 0 Å². The monoisotopic (exact) mass is 271 g/mol. The molecule has 1 aromatic rings. The van der Waals surface area contributed by atoms with Crippen molar-refractivity contribution in [3.8, 4) is 0 Å². The van der Waals surface area contributed by atoms with E-state index in [1.165, 1.54) is 18.9 Å². The number of likely N-dealkylation sites (N-methyl/N-ethyl adjacent to an activating group) is 1. The van der Waals surface area contributed by atoms with Crippen molar-refractivity contribution in [2.75, 3.05) is 7.05 Å². The van der Waals surface area contributed by atoms with Crippen LogP contribution in [0.25, 0.3) is 0 Å². The van der Waals surface area contributed by atoms with Gasteiger partial charge in [-0.15, -0.1) is 0 Å². The van der Waals surface area contributed by atoms with Crippen molar-refractivity contribution in [3.05, 3.63) is 34.1 Å². The molecule has 1 atom stereocenters. The minimum absolute atomic E-state index is 0.0981. The largest absolute Gasteiger partial charge is 0.316 e. The Morgan fingerprint density at radius 2 is 2.27 bits per heavy atom. The summed E-state index contributed by atoms with van der Waals surface area (Å²) in [4.78, 5) is 0. The Kier molecular flexibility index (Phi) is 3.42. The van der Waals surface area contributed by atoms with E-state index in [2.05, 4.69) is 21.2 Å². The van der Waals surface area contributed by atoms with Gasteiger partial charge < -0.3 is 5.32 Å². The first kappa shape index (κ1) is 11.1. The highest BCUT2D eigenvalue weighted by atomic mass is 79.9. The molecule has 1 N–H and O–H groups in total. The quantitative estimate of drug-likeness (QED) is 0.888. The summed E-state index contributed by atoms with van der Waals surface area (Å²) < 4.78 is 14.5. The number of hydrogen-bond acceptors (Lipinski definition) is 1. The number of benzene rings is 1. The molecule has 1 nitrogen and oxygen atoms in total. The van der Waals surface area contributed by atoms with E-state index in [0.29, 0.717) is 6.04 Å². The topological polar surface area (TPSA) is 12.0 Å². The molecular weight excluding hydrogens is 257 g/mol. The van der Waals surface area contributed by atoms with Crippen LogP contribution in [0.3, 0.4) is 0 Å². The fraction of sp³-hybridized carbons (Fsp3) is 0.500. The summed E-state index contributed by atoms with van der Waals surface area (Å²) in [7, 11) is 1.96. The Bertz CT molecular complexity index is 349. The molecule has 15 heavy (non-hydrogen) atoms. The minimum atomic E-state index is -0.0981. The van der Waals surface area contributed by atoms with E-state index < -0.39 is 0 Å². The molecule has 0 heterocycles. The maximum absolute atomic E-state index is 13.5. The van der Waals surface area contributed by atoms with Gasteiger partial charge in [0.25, 0.3) is 0 Å². The number of nitrogens with one attached hydrogen (secondary N) is 1. The Labute approximate surface area is 98.2 Å². The van der Waals surface area contributed by atoms with Crippen molar-refractivity contribution < 1.29 is 4.39 Å². The van der Waals surface area contributed by atoms with Crippen LogP contribution in [-0.2, 0) is 6.42 Å². The molecule has 0 saturated heterocycles. The second-order valence-corrected chi connectivity index (χ2v) is 5.09. The summed E-state index contributed by atoms with van der Waals surface area (Å²) in [6, 6.07) is 5.57. The van der Waals surface area contributed by atoms with Crippen LogP contribution in [0.5, 0.6) is 0 Å². The first-order valence-corrected chi connectivity index (χ1v) is 6.11. The second kappa shape index (κ2) is 4.62. The molecule has 3 heteroatoms. The van der Waals surface area contributed by atoms with Crippen LogP contribution in [-0.4, -0.2) is 13.1 Å². The van der Waals surface area contributed by atoms with Crippen molar-refractivity contribution in [1.29, 1.82) is 0 Å². The SMILES string of the molecule is CNC(Cc1cc(Br)ccc1F)C1CC1. The lowest BCUT2D eigenvalue weighted by Crippen LogP contribution is -2.30. The molecule has 1 fully saturated rings. The third kappa shape index (κ3) is 2.79. The van der Waals surface area contributed by atoms with Crippen LogP contribution in [0.15, 0.2) is 22.7 Å². The van der Waals surface area contributed by atoms with Gasteiger partial charge in [-0.2, -0.15) is 0 Å². The number of rotatable bonds is 4. The normalized spacial score (nSPS) is 17.8. The highest BCUT2D eigenvalue weighted by Crippen LogP contribution is 2.34. The van der Waals surface area contributed by atoms with Gasteiger partial charge in [-0.3, -0.25) is 0 Å². The van der Waals surface area contributed by atoms with Crippen LogP contribution in [0.2, 0.25) is 0 Å². The molecule has 1 aromatic carbocycles. The predicted octanol–water partition coefficient (Wildman–Crippen LogP) is 3.13. The van der Waals surface area contributed by atoms with E-state index in [-0.39, 0.29) is 5.82 Å². The van der Waals surface area contributed by atoms with Gasteiger partial charge in [-0.05, 0) is 56.0 Å². The maximum Gasteiger partial charge on any atom is 0.126 e. The molecule has 0 aromatic heterocycles. The van der Waals surface area contributed by atoms with Crippen molar-refractivity contribution in [3.63, 3.8) is 0 Å². The molecule has 1 aliphatic carbocycles. The third-order valence-corrected chi connectivity index (χ3v) is 3.50. The van der Waals surface area contributed by atoms with Crippen molar-refractivity contribution in [1.82, 2.24) is 5.32 Å². The summed E-state index contributed by atoms with van der Waals surface area (Å²) in [5.74, 6) is 0.646. The lowest BCUT2D eigenvalue weighted by molar-refractivity contribution is 0.487. The van der Waals surface area contributed by atoms with Crippen LogP contribution < -0.4 is 5.32 Å². The smallest absolute Gasteiger partial charge is 0.126 e. The van der Waals surface area contributed by atoms with Gasteiger partial charge in [0.1, 0.15) is 5.82 Å². The zero-order valence-corrected chi connectivity index (χ0v) is 10.3. The van der Waals surface area contributed by atoms with Gasteiger partial charge in [0.2, 0.25) is 0 Å². The molecule has 0 spiro atoms. The molecule has 0 aliphatic heterocycles. The van der Waals surface area contributed by atoms with Gasteiger partial charge in [-0.1, -0.05) is 15.9 Å². The molecule has 82 valence electrons. The lowest BCUT2D eigenvalue weighted by atomic mass is 10.0. The van der Waals surface area contributed by atoms with E-state index in [1.54, 1.807) is 6.07 Å². The fourth-order valence-corrected chi connectivity index (χ4v) is 2.35. The second-order valence-electron chi connectivity index (χ2n) is 4.17. The molecule has 2 rings (SSSR count). The molecule has 1 unspecified atom stereocenters. The van der Waals surface area contributed by atoms with Gasteiger partial charge in [0.05, 0.1) is 0 Å². The van der Waals surface area contributed by atoms with Crippen LogP contribution in [0, 0.1) is 11.7 Å². The minimum Gasteiger partial charge on any atom is -0.316 e. The zero-order chi connectivity index (χ0) is 10.8. The molecule has 0 bridgehead atoms. The van der Waals surface area contributed by atoms with Crippen LogP contribution >= 0.6 is 15.9 Å². The van der Waals surface area contributed by atoms with Crippen LogP contribution in [0.4, 0.5) is 4.39 Å². The van der Waals surface area contributed by atoms with E-state index in [1.807, 2.05) is 13.1 Å². The molecular formula is C12H15BrFN. The summed E-state index contributed by atoms with van der Waals surface area (Å²) in [6.07, 6.45) is 3.34. The highest BCUT2D eigenvalue weighted by molar-refractivity contribution is 9.10. The molecule has 1 aliphatic rings. The predicted molar refractivity (Wildman–Crippen MR) is 63.4 cm³/mol. The fourth-order valence-electron chi connectivity index (χ4n) is 1.94. The summed E-state index contributed by atoms with van der Waals surface area (Å²) in [6.45, 7) is 0. The highest BCUT2D eigenvalue weighted by Gasteiger charge is 2.30. The average molecular weight is 272 g/mol. The summed E-state index contributed by atoms with van der Waals surface area (Å²) in [5.41, 5.74) is 0.802. The summed E-state index contributed by atoms with van der Waals surface area (Å²) in [5, 5.41) is 3.28. The van der Waals surface area contributed by atoms with Crippen LogP contribution in [0.1, 0.15) is 18.4 Å². The molecule has 0 amide bonds. The third-order valence-electron chi connectivity index (χ3n) is 3.01. The van der Waals surface area contributed by atoms with Gasteiger partial charge in [0.15, 0.2) is 0 Å².